The van der Waals surface area contributed by atoms with Crippen molar-refractivity contribution in [1.82, 2.24) is 4.31 Å². The van der Waals surface area contributed by atoms with Crippen LogP contribution in [0.15, 0.2) is 23.1 Å². The van der Waals surface area contributed by atoms with Crippen LogP contribution in [0.5, 0.6) is 0 Å². The Labute approximate surface area is 129 Å². The van der Waals surface area contributed by atoms with Crippen LogP contribution in [-0.2, 0) is 10.0 Å². The van der Waals surface area contributed by atoms with Gasteiger partial charge in [-0.1, -0.05) is 24.4 Å². The third kappa shape index (κ3) is 3.38. The molecule has 1 aliphatic carbocycles. The fourth-order valence-corrected chi connectivity index (χ4v) is 4.89. The Hall–Kier alpha value is -1.13. The minimum absolute atomic E-state index is 0.0106. The molecule has 114 valence electrons. The van der Waals surface area contributed by atoms with Crippen molar-refractivity contribution in [2.75, 3.05) is 13.2 Å². The van der Waals surface area contributed by atoms with Crippen LogP contribution in [0.2, 0.25) is 5.02 Å². The van der Waals surface area contributed by atoms with E-state index in [2.05, 4.69) is 0 Å². The Morgan fingerprint density at radius 3 is 2.57 bits per heavy atom. The number of sulfonamides is 1. The first-order chi connectivity index (χ1) is 10.0. The van der Waals surface area contributed by atoms with Crippen molar-refractivity contribution in [1.29, 1.82) is 5.26 Å². The van der Waals surface area contributed by atoms with Crippen molar-refractivity contribution in [3.05, 3.63) is 28.8 Å². The predicted molar refractivity (Wildman–Crippen MR) is 79.4 cm³/mol. The van der Waals surface area contributed by atoms with Gasteiger partial charge in [0.25, 0.3) is 0 Å². The van der Waals surface area contributed by atoms with E-state index in [1.807, 2.05) is 6.07 Å². The average molecular weight is 329 g/mol. The van der Waals surface area contributed by atoms with Gasteiger partial charge >= 0.3 is 0 Å². The molecule has 1 N–H and O–H groups in total. The van der Waals surface area contributed by atoms with Crippen LogP contribution in [0.4, 0.5) is 0 Å². The lowest BCUT2D eigenvalue weighted by molar-refractivity contribution is 0.226. The van der Waals surface area contributed by atoms with Crippen LogP contribution in [0, 0.1) is 11.3 Å². The van der Waals surface area contributed by atoms with Gasteiger partial charge in [-0.15, -0.1) is 0 Å². The number of halogens is 1. The summed E-state index contributed by atoms with van der Waals surface area (Å²) in [5, 5.41) is 18.0. The lowest BCUT2D eigenvalue weighted by Gasteiger charge is -2.27. The average Bonchev–Trinajstić information content (AvgIpc) is 2.97. The van der Waals surface area contributed by atoms with E-state index in [0.29, 0.717) is 5.56 Å². The highest BCUT2D eigenvalue weighted by Crippen LogP contribution is 2.31. The molecule has 1 fully saturated rings. The maximum Gasteiger partial charge on any atom is 0.244 e. The summed E-state index contributed by atoms with van der Waals surface area (Å²) >= 11 is 6.02. The van der Waals surface area contributed by atoms with Crippen LogP contribution in [0.1, 0.15) is 31.2 Å². The maximum absolute atomic E-state index is 12.8. The zero-order chi connectivity index (χ0) is 15.5. The molecule has 5 nitrogen and oxygen atoms in total. The monoisotopic (exact) mass is 328 g/mol. The van der Waals surface area contributed by atoms with Gasteiger partial charge in [0.15, 0.2) is 0 Å². The quantitative estimate of drug-likeness (QED) is 0.897. The topological polar surface area (TPSA) is 81.4 Å². The lowest BCUT2D eigenvalue weighted by atomic mass is 10.2. The van der Waals surface area contributed by atoms with Gasteiger partial charge < -0.3 is 5.11 Å². The summed E-state index contributed by atoms with van der Waals surface area (Å²) in [6, 6.07) is 5.97. The van der Waals surface area contributed by atoms with E-state index in [0.717, 1.165) is 25.7 Å². The molecule has 0 saturated heterocycles. The van der Waals surface area contributed by atoms with Crippen molar-refractivity contribution >= 4 is 21.6 Å². The minimum Gasteiger partial charge on any atom is -0.395 e. The molecular formula is C14H17ClN2O3S. The van der Waals surface area contributed by atoms with E-state index >= 15 is 0 Å². The molecule has 0 amide bonds. The van der Waals surface area contributed by atoms with Crippen LogP contribution in [0.3, 0.4) is 0 Å². The number of nitriles is 1. The normalized spacial score (nSPS) is 16.3. The van der Waals surface area contributed by atoms with Gasteiger partial charge in [-0.2, -0.15) is 9.57 Å². The summed E-state index contributed by atoms with van der Waals surface area (Å²) in [5.41, 5.74) is 0.313. The molecule has 1 saturated carbocycles. The zero-order valence-corrected chi connectivity index (χ0v) is 13.1. The van der Waals surface area contributed by atoms with E-state index in [1.165, 1.54) is 22.5 Å². The Bertz CT molecular complexity index is 649. The second kappa shape index (κ2) is 6.75. The summed E-state index contributed by atoms with van der Waals surface area (Å²) in [4.78, 5) is -0.0106. The number of rotatable bonds is 5. The number of aliphatic hydroxyl groups is 1. The molecule has 0 aliphatic heterocycles. The Morgan fingerprint density at radius 2 is 2.05 bits per heavy atom. The second-order valence-corrected chi connectivity index (χ2v) is 7.30. The zero-order valence-electron chi connectivity index (χ0n) is 11.5. The molecule has 0 unspecified atom stereocenters. The van der Waals surface area contributed by atoms with Gasteiger partial charge in [-0.05, 0) is 31.0 Å². The fourth-order valence-electron chi connectivity index (χ4n) is 2.70. The molecule has 21 heavy (non-hydrogen) atoms. The molecule has 7 heteroatoms. The molecule has 1 aromatic carbocycles. The first-order valence-corrected chi connectivity index (χ1v) is 8.65. The van der Waals surface area contributed by atoms with E-state index in [-0.39, 0.29) is 29.1 Å². The van der Waals surface area contributed by atoms with E-state index in [9.17, 15) is 13.5 Å². The maximum atomic E-state index is 12.8. The fraction of sp³-hybridized carbons (Fsp3) is 0.500. The molecular weight excluding hydrogens is 312 g/mol. The van der Waals surface area contributed by atoms with Crippen molar-refractivity contribution in [3.63, 3.8) is 0 Å². The van der Waals surface area contributed by atoms with Crippen molar-refractivity contribution in [2.24, 2.45) is 0 Å². The number of benzene rings is 1. The summed E-state index contributed by atoms with van der Waals surface area (Å²) in [6.07, 6.45) is 3.58. The summed E-state index contributed by atoms with van der Waals surface area (Å²) in [5.74, 6) is 0. The SMILES string of the molecule is N#Cc1ccc(S(=O)(=O)N(CCO)C2CCCC2)c(Cl)c1. The molecule has 0 heterocycles. The summed E-state index contributed by atoms with van der Waals surface area (Å²) in [7, 11) is -3.77. The molecule has 0 atom stereocenters. The first-order valence-electron chi connectivity index (χ1n) is 6.83. The van der Waals surface area contributed by atoms with Crippen LogP contribution < -0.4 is 0 Å². The lowest BCUT2D eigenvalue weighted by Crippen LogP contribution is -2.40. The van der Waals surface area contributed by atoms with Gasteiger partial charge in [0, 0.05) is 12.6 Å². The third-order valence-electron chi connectivity index (χ3n) is 3.70. The summed E-state index contributed by atoms with van der Waals surface area (Å²) in [6.45, 7) is -0.174. The number of nitrogens with zero attached hydrogens (tertiary/aromatic N) is 2. The Morgan fingerprint density at radius 1 is 1.38 bits per heavy atom. The number of hydrogen-bond donors (Lipinski definition) is 1. The van der Waals surface area contributed by atoms with Crippen molar-refractivity contribution < 1.29 is 13.5 Å². The first kappa shape index (κ1) is 16.2. The van der Waals surface area contributed by atoms with Crippen molar-refractivity contribution in [3.8, 4) is 6.07 Å². The van der Waals surface area contributed by atoms with Gasteiger partial charge in [0.05, 0.1) is 23.3 Å². The molecule has 0 aromatic heterocycles. The third-order valence-corrected chi connectivity index (χ3v) is 6.13. The summed E-state index contributed by atoms with van der Waals surface area (Å²) < 4.78 is 26.9. The van der Waals surface area contributed by atoms with Crippen LogP contribution >= 0.6 is 11.6 Å². The molecule has 2 rings (SSSR count). The smallest absolute Gasteiger partial charge is 0.244 e. The number of aliphatic hydroxyl groups excluding tert-OH is 1. The van der Waals surface area contributed by atoms with E-state index in [1.54, 1.807) is 0 Å². The van der Waals surface area contributed by atoms with Gasteiger partial charge in [0.2, 0.25) is 10.0 Å². The highest BCUT2D eigenvalue weighted by atomic mass is 35.5. The van der Waals surface area contributed by atoms with E-state index in [4.69, 9.17) is 16.9 Å². The second-order valence-electron chi connectivity index (χ2n) is 5.03. The van der Waals surface area contributed by atoms with Crippen LogP contribution in [-0.4, -0.2) is 37.0 Å². The molecule has 1 aromatic rings. The molecule has 0 spiro atoms. The highest BCUT2D eigenvalue weighted by Gasteiger charge is 2.34. The number of hydrogen-bond acceptors (Lipinski definition) is 4. The van der Waals surface area contributed by atoms with Crippen molar-refractivity contribution in [2.45, 2.75) is 36.6 Å². The van der Waals surface area contributed by atoms with Crippen LogP contribution in [0.25, 0.3) is 0 Å². The predicted octanol–water partition coefficient (Wildman–Crippen LogP) is 2.14. The molecule has 0 radical (unpaired) electrons. The largest absolute Gasteiger partial charge is 0.395 e. The molecule has 0 bridgehead atoms. The van der Waals surface area contributed by atoms with E-state index < -0.39 is 10.0 Å². The minimum atomic E-state index is -3.77. The van der Waals surface area contributed by atoms with Gasteiger partial charge in [-0.25, -0.2) is 8.42 Å². The Kier molecular flexibility index (Phi) is 5.22. The van der Waals surface area contributed by atoms with Gasteiger partial charge in [0.1, 0.15) is 4.90 Å². The Balaban J connectivity index is 2.40. The molecule has 1 aliphatic rings. The highest BCUT2D eigenvalue weighted by molar-refractivity contribution is 7.89. The standard InChI is InChI=1S/C14H17ClN2O3S/c15-13-9-11(10-16)5-6-14(13)21(19,20)17(7-8-18)12-3-1-2-4-12/h5-6,9,12,18H,1-4,7-8H2. The van der Waals surface area contributed by atoms with Gasteiger partial charge in [-0.3, -0.25) is 0 Å².